The van der Waals surface area contributed by atoms with Gasteiger partial charge in [0.05, 0.1) is 12.1 Å². The molecular weight excluding hydrogens is 566 g/mol. The fraction of sp³-hybridized carbons (Fsp3) is 0.211. The van der Waals surface area contributed by atoms with E-state index in [1.807, 2.05) is 94.7 Å². The Kier molecular flexibility index (Phi) is 7.80. The van der Waals surface area contributed by atoms with Crippen LogP contribution in [0.5, 0.6) is 0 Å². The van der Waals surface area contributed by atoms with Crippen molar-refractivity contribution in [1.82, 2.24) is 9.47 Å². The van der Waals surface area contributed by atoms with Crippen LogP contribution in [0.25, 0.3) is 11.3 Å². The second-order valence-electron chi connectivity index (χ2n) is 11.6. The molecule has 4 aromatic carbocycles. The van der Waals surface area contributed by atoms with Crippen LogP contribution in [0.4, 0.5) is 5.69 Å². The Morgan fingerprint density at radius 2 is 1.45 bits per heavy atom. The van der Waals surface area contributed by atoms with E-state index in [0.717, 1.165) is 60.4 Å². The van der Waals surface area contributed by atoms with Crippen LogP contribution >= 0.6 is 11.6 Å². The molecule has 0 bridgehead atoms. The summed E-state index contributed by atoms with van der Waals surface area (Å²) in [5.74, 6) is -0.0557. The van der Waals surface area contributed by atoms with Crippen LogP contribution < -0.4 is 4.90 Å². The molecule has 1 aromatic heterocycles. The van der Waals surface area contributed by atoms with Crippen LogP contribution in [0.1, 0.15) is 55.9 Å². The van der Waals surface area contributed by atoms with E-state index in [4.69, 9.17) is 11.6 Å². The van der Waals surface area contributed by atoms with Gasteiger partial charge in [0.25, 0.3) is 11.8 Å². The summed E-state index contributed by atoms with van der Waals surface area (Å²) in [5.41, 5.74) is 8.37. The Hall–Kier alpha value is -4.61. The summed E-state index contributed by atoms with van der Waals surface area (Å²) in [6.45, 7) is 2.50. The number of benzene rings is 4. The highest BCUT2D eigenvalue weighted by molar-refractivity contribution is 6.31. The van der Waals surface area contributed by atoms with Gasteiger partial charge >= 0.3 is 0 Å². The predicted octanol–water partition coefficient (Wildman–Crippen LogP) is 8.19. The third-order valence-corrected chi connectivity index (χ3v) is 9.12. The Morgan fingerprint density at radius 3 is 2.25 bits per heavy atom. The molecule has 44 heavy (non-hydrogen) atoms. The van der Waals surface area contributed by atoms with Crippen LogP contribution in [0.3, 0.4) is 0 Å². The maximum atomic E-state index is 14.5. The van der Waals surface area contributed by atoms with Gasteiger partial charge in [0.1, 0.15) is 0 Å². The number of para-hydroxylation sites is 1. The number of hydrogen-bond acceptors (Lipinski definition) is 2. The maximum absolute atomic E-state index is 14.5. The van der Waals surface area contributed by atoms with E-state index in [1.165, 1.54) is 11.1 Å². The Balaban J connectivity index is 1.29. The van der Waals surface area contributed by atoms with Gasteiger partial charge in [-0.25, -0.2) is 0 Å². The Morgan fingerprint density at radius 1 is 0.727 bits per heavy atom. The van der Waals surface area contributed by atoms with Gasteiger partial charge in [-0.2, -0.15) is 0 Å². The number of nitrogens with zero attached hydrogens (tertiary/aromatic N) is 3. The molecule has 0 atom stereocenters. The van der Waals surface area contributed by atoms with Gasteiger partial charge in [0, 0.05) is 52.9 Å². The van der Waals surface area contributed by atoms with Crippen molar-refractivity contribution < 1.29 is 9.59 Å². The topological polar surface area (TPSA) is 45.6 Å². The fourth-order valence-corrected chi connectivity index (χ4v) is 6.81. The second-order valence-corrected chi connectivity index (χ2v) is 12.1. The lowest BCUT2D eigenvalue weighted by molar-refractivity contribution is 0.0735. The van der Waals surface area contributed by atoms with E-state index in [9.17, 15) is 9.59 Å². The van der Waals surface area contributed by atoms with Gasteiger partial charge in [0.2, 0.25) is 0 Å². The number of aromatic nitrogens is 1. The minimum absolute atomic E-state index is 0.0135. The summed E-state index contributed by atoms with van der Waals surface area (Å²) >= 11 is 6.59. The fourth-order valence-electron chi connectivity index (χ4n) is 6.64. The third-order valence-electron chi connectivity index (χ3n) is 8.89. The molecule has 0 spiro atoms. The van der Waals surface area contributed by atoms with Gasteiger partial charge in [-0.15, -0.1) is 0 Å². The van der Waals surface area contributed by atoms with Crippen molar-refractivity contribution >= 4 is 29.1 Å². The molecule has 5 aromatic rings. The number of hydrogen-bond donors (Lipinski definition) is 0. The maximum Gasteiger partial charge on any atom is 0.260 e. The van der Waals surface area contributed by atoms with Crippen molar-refractivity contribution in [3.05, 3.63) is 148 Å². The number of amides is 2. The first-order chi connectivity index (χ1) is 21.6. The molecule has 220 valence electrons. The van der Waals surface area contributed by atoms with Crippen molar-refractivity contribution in [3.63, 3.8) is 0 Å². The first-order valence-electron chi connectivity index (χ1n) is 15.4. The third kappa shape index (κ3) is 5.44. The van der Waals surface area contributed by atoms with E-state index in [-0.39, 0.29) is 11.8 Å². The van der Waals surface area contributed by atoms with Crippen molar-refractivity contribution in [3.8, 4) is 11.3 Å². The quantitative estimate of drug-likeness (QED) is 0.197. The molecule has 7 rings (SSSR count). The number of anilines is 1. The van der Waals surface area contributed by atoms with Gasteiger partial charge in [0.15, 0.2) is 0 Å². The standard InChI is InChI=1S/C38H34ClN3O2/c39-30-18-19-32(37(43)40-22-20-28-13-7-8-14-29(28)26-40)33(23-30)36-24-34(35-17-9-10-21-41(35)36)38(44)42(31-15-5-2-6-16-31)25-27-11-3-1-4-12-27/h1-8,11-16,18-19,23-24H,9-10,17,20-22,25-26H2. The number of halogens is 1. The highest BCUT2D eigenvalue weighted by atomic mass is 35.5. The average Bonchev–Trinajstić information content (AvgIpc) is 3.47. The molecule has 2 aliphatic rings. The molecule has 0 radical (unpaired) electrons. The SMILES string of the molecule is O=C(c1ccc(Cl)cc1-c1cc(C(=O)N(Cc2ccccc2)c2ccccc2)c2n1CCCC2)N1CCc2ccccc2C1. The lowest BCUT2D eigenvalue weighted by Crippen LogP contribution is -2.36. The number of carbonyl (C=O) groups is 2. The molecule has 0 saturated carbocycles. The predicted molar refractivity (Wildman–Crippen MR) is 176 cm³/mol. The molecule has 5 nitrogen and oxygen atoms in total. The monoisotopic (exact) mass is 599 g/mol. The van der Waals surface area contributed by atoms with E-state index >= 15 is 0 Å². The van der Waals surface area contributed by atoms with E-state index < -0.39 is 0 Å². The zero-order valence-corrected chi connectivity index (χ0v) is 25.3. The summed E-state index contributed by atoms with van der Waals surface area (Å²) in [6.07, 6.45) is 3.67. The van der Waals surface area contributed by atoms with Crippen LogP contribution in [-0.4, -0.2) is 27.8 Å². The lowest BCUT2D eigenvalue weighted by Gasteiger charge is -2.30. The van der Waals surface area contributed by atoms with Crippen LogP contribution in [0.2, 0.25) is 5.02 Å². The lowest BCUT2D eigenvalue weighted by atomic mass is 9.97. The molecule has 0 N–H and O–H groups in total. The molecule has 2 aliphatic heterocycles. The van der Waals surface area contributed by atoms with Crippen LogP contribution in [0, 0.1) is 0 Å². The first-order valence-corrected chi connectivity index (χ1v) is 15.7. The van der Waals surface area contributed by atoms with Crippen molar-refractivity contribution in [2.45, 2.75) is 45.3 Å². The molecule has 0 fully saturated rings. The summed E-state index contributed by atoms with van der Waals surface area (Å²) in [5, 5.41) is 0.565. The molecular formula is C38H34ClN3O2. The van der Waals surface area contributed by atoms with Gasteiger partial charge < -0.3 is 14.4 Å². The number of fused-ring (bicyclic) bond motifs is 2. The van der Waals surface area contributed by atoms with Crippen molar-refractivity contribution in [2.75, 3.05) is 11.4 Å². The largest absolute Gasteiger partial charge is 0.344 e. The average molecular weight is 600 g/mol. The minimum atomic E-state index is -0.0421. The highest BCUT2D eigenvalue weighted by Gasteiger charge is 2.30. The van der Waals surface area contributed by atoms with E-state index in [2.05, 4.69) is 22.8 Å². The van der Waals surface area contributed by atoms with E-state index in [0.29, 0.717) is 35.8 Å². The zero-order chi connectivity index (χ0) is 30.0. The Bertz CT molecular complexity index is 1830. The first kappa shape index (κ1) is 28.2. The molecule has 0 unspecified atom stereocenters. The van der Waals surface area contributed by atoms with Gasteiger partial charge in [-0.3, -0.25) is 9.59 Å². The second kappa shape index (κ2) is 12.2. The van der Waals surface area contributed by atoms with Gasteiger partial charge in [-0.1, -0.05) is 84.4 Å². The minimum Gasteiger partial charge on any atom is -0.344 e. The smallest absolute Gasteiger partial charge is 0.260 e. The molecule has 3 heterocycles. The summed E-state index contributed by atoms with van der Waals surface area (Å²) in [6, 6.07) is 35.8. The summed E-state index contributed by atoms with van der Waals surface area (Å²) in [7, 11) is 0. The number of carbonyl (C=O) groups excluding carboxylic acids is 2. The molecule has 6 heteroatoms. The van der Waals surface area contributed by atoms with Crippen LogP contribution in [0.15, 0.2) is 109 Å². The molecule has 0 saturated heterocycles. The van der Waals surface area contributed by atoms with Crippen molar-refractivity contribution in [2.24, 2.45) is 0 Å². The molecule has 0 aliphatic carbocycles. The molecule has 2 amide bonds. The normalized spacial score (nSPS) is 14.1. The summed E-state index contributed by atoms with van der Waals surface area (Å²) < 4.78 is 2.25. The van der Waals surface area contributed by atoms with Crippen LogP contribution in [-0.2, 0) is 32.5 Å². The highest BCUT2D eigenvalue weighted by Crippen LogP contribution is 2.36. The van der Waals surface area contributed by atoms with Gasteiger partial charge in [-0.05, 0) is 78.8 Å². The Labute approximate surface area is 263 Å². The van der Waals surface area contributed by atoms with Crippen molar-refractivity contribution in [1.29, 1.82) is 0 Å². The summed E-state index contributed by atoms with van der Waals surface area (Å²) in [4.78, 5) is 32.4. The van der Waals surface area contributed by atoms with E-state index in [1.54, 1.807) is 6.07 Å². The zero-order valence-electron chi connectivity index (χ0n) is 24.6. The number of rotatable bonds is 6.